The topological polar surface area (TPSA) is 79.5 Å². The van der Waals surface area contributed by atoms with Crippen LogP contribution in [0.1, 0.15) is 31.1 Å². The number of amides is 1. The number of hydrogen-bond donors (Lipinski definition) is 2. The summed E-state index contributed by atoms with van der Waals surface area (Å²) >= 11 is 3.29. The second kappa shape index (κ2) is 5.49. The van der Waals surface area contributed by atoms with Gasteiger partial charge in [0.2, 0.25) is 0 Å². The SMILES string of the molecule is CC(C)C(C)(O)CNC(=O)c1cnn2cc(Br)cnc12. The minimum absolute atomic E-state index is 0.0424. The van der Waals surface area contributed by atoms with Crippen LogP contribution in [0.25, 0.3) is 5.65 Å². The van der Waals surface area contributed by atoms with Crippen LogP contribution in [0.3, 0.4) is 0 Å². The van der Waals surface area contributed by atoms with E-state index in [4.69, 9.17) is 0 Å². The zero-order chi connectivity index (χ0) is 14.9. The highest BCUT2D eigenvalue weighted by Gasteiger charge is 2.26. The van der Waals surface area contributed by atoms with E-state index in [0.717, 1.165) is 4.47 Å². The maximum Gasteiger partial charge on any atom is 0.256 e. The number of aromatic nitrogens is 3. The minimum atomic E-state index is -0.949. The van der Waals surface area contributed by atoms with Gasteiger partial charge in [-0.1, -0.05) is 13.8 Å². The highest BCUT2D eigenvalue weighted by Crippen LogP contribution is 2.16. The van der Waals surface area contributed by atoms with Gasteiger partial charge in [0.1, 0.15) is 5.56 Å². The molecule has 0 aliphatic carbocycles. The molecule has 0 saturated heterocycles. The molecule has 20 heavy (non-hydrogen) atoms. The highest BCUT2D eigenvalue weighted by atomic mass is 79.9. The first kappa shape index (κ1) is 14.9. The number of aliphatic hydroxyl groups is 1. The Morgan fingerprint density at radius 2 is 2.25 bits per heavy atom. The fourth-order valence-electron chi connectivity index (χ4n) is 1.57. The third-order valence-electron chi connectivity index (χ3n) is 3.42. The van der Waals surface area contributed by atoms with Crippen molar-refractivity contribution in [2.75, 3.05) is 6.54 Å². The van der Waals surface area contributed by atoms with Gasteiger partial charge in [0.05, 0.1) is 16.3 Å². The van der Waals surface area contributed by atoms with E-state index in [-0.39, 0.29) is 18.4 Å². The Balaban J connectivity index is 2.16. The van der Waals surface area contributed by atoms with Crippen molar-refractivity contribution in [3.05, 3.63) is 28.6 Å². The zero-order valence-electron chi connectivity index (χ0n) is 11.6. The lowest BCUT2D eigenvalue weighted by molar-refractivity contribution is 0.0142. The maximum atomic E-state index is 12.1. The van der Waals surface area contributed by atoms with E-state index in [0.29, 0.717) is 11.2 Å². The molecule has 2 heterocycles. The minimum Gasteiger partial charge on any atom is -0.388 e. The van der Waals surface area contributed by atoms with Crippen LogP contribution >= 0.6 is 15.9 Å². The van der Waals surface area contributed by atoms with Gasteiger partial charge in [0, 0.05) is 18.9 Å². The molecule has 0 saturated carbocycles. The first-order valence-corrected chi connectivity index (χ1v) is 7.10. The molecular formula is C13H17BrN4O2. The molecule has 2 N–H and O–H groups in total. The van der Waals surface area contributed by atoms with Crippen molar-refractivity contribution < 1.29 is 9.90 Å². The number of hydrogen-bond acceptors (Lipinski definition) is 4. The summed E-state index contributed by atoms with van der Waals surface area (Å²) in [5.41, 5.74) is -0.0818. The van der Waals surface area contributed by atoms with Crippen molar-refractivity contribution >= 4 is 27.5 Å². The third kappa shape index (κ3) is 2.99. The zero-order valence-corrected chi connectivity index (χ0v) is 13.2. The summed E-state index contributed by atoms with van der Waals surface area (Å²) < 4.78 is 2.31. The molecule has 0 aromatic carbocycles. The van der Waals surface area contributed by atoms with Gasteiger partial charge in [-0.25, -0.2) is 9.50 Å². The molecule has 0 aliphatic heterocycles. The van der Waals surface area contributed by atoms with Gasteiger partial charge in [0.25, 0.3) is 5.91 Å². The fraction of sp³-hybridized carbons (Fsp3) is 0.462. The van der Waals surface area contributed by atoms with Crippen LogP contribution in [-0.4, -0.2) is 37.8 Å². The van der Waals surface area contributed by atoms with Gasteiger partial charge in [-0.3, -0.25) is 4.79 Å². The quantitative estimate of drug-likeness (QED) is 0.886. The van der Waals surface area contributed by atoms with E-state index in [1.165, 1.54) is 10.7 Å². The van der Waals surface area contributed by atoms with E-state index in [9.17, 15) is 9.90 Å². The molecule has 0 bridgehead atoms. The smallest absolute Gasteiger partial charge is 0.256 e. The molecule has 2 rings (SSSR count). The Labute approximate surface area is 125 Å². The lowest BCUT2D eigenvalue weighted by Gasteiger charge is -2.27. The second-order valence-electron chi connectivity index (χ2n) is 5.29. The molecule has 7 heteroatoms. The summed E-state index contributed by atoms with van der Waals surface area (Å²) in [5.74, 6) is -0.253. The van der Waals surface area contributed by atoms with Crippen LogP contribution in [0.5, 0.6) is 0 Å². The molecule has 0 fully saturated rings. The van der Waals surface area contributed by atoms with Crippen LogP contribution in [0, 0.1) is 5.92 Å². The maximum absolute atomic E-state index is 12.1. The lowest BCUT2D eigenvalue weighted by Crippen LogP contribution is -2.44. The number of carbonyl (C=O) groups excluding carboxylic acids is 1. The number of fused-ring (bicyclic) bond motifs is 1. The van der Waals surface area contributed by atoms with Crippen molar-refractivity contribution in [2.45, 2.75) is 26.4 Å². The first-order valence-electron chi connectivity index (χ1n) is 6.31. The monoisotopic (exact) mass is 340 g/mol. The van der Waals surface area contributed by atoms with Crippen LogP contribution < -0.4 is 5.32 Å². The molecular weight excluding hydrogens is 324 g/mol. The average molecular weight is 341 g/mol. The van der Waals surface area contributed by atoms with Crippen molar-refractivity contribution in [1.82, 2.24) is 19.9 Å². The van der Waals surface area contributed by atoms with E-state index in [2.05, 4.69) is 31.3 Å². The Hall–Kier alpha value is -1.47. The Kier molecular flexibility index (Phi) is 4.10. The van der Waals surface area contributed by atoms with E-state index in [1.807, 2.05) is 13.8 Å². The molecule has 108 valence electrons. The number of rotatable bonds is 4. The highest BCUT2D eigenvalue weighted by molar-refractivity contribution is 9.10. The molecule has 0 aliphatic rings. The molecule has 1 unspecified atom stereocenters. The number of nitrogens with one attached hydrogen (secondary N) is 1. The summed E-state index contributed by atoms with van der Waals surface area (Å²) in [6.07, 6.45) is 4.80. The van der Waals surface area contributed by atoms with Gasteiger partial charge in [-0.2, -0.15) is 5.10 Å². The van der Waals surface area contributed by atoms with Crippen molar-refractivity contribution in [1.29, 1.82) is 0 Å². The van der Waals surface area contributed by atoms with Crippen molar-refractivity contribution in [3.8, 4) is 0 Å². The molecule has 1 atom stereocenters. The van der Waals surface area contributed by atoms with E-state index < -0.39 is 5.60 Å². The number of halogens is 1. The number of nitrogens with zero attached hydrogens (tertiary/aromatic N) is 3. The first-order chi connectivity index (χ1) is 9.31. The Morgan fingerprint density at radius 1 is 1.55 bits per heavy atom. The van der Waals surface area contributed by atoms with Crippen LogP contribution in [-0.2, 0) is 0 Å². The number of carbonyl (C=O) groups is 1. The average Bonchev–Trinajstić information content (AvgIpc) is 2.78. The van der Waals surface area contributed by atoms with Gasteiger partial charge < -0.3 is 10.4 Å². The predicted octanol–water partition coefficient (Wildman–Crippen LogP) is 1.63. The Morgan fingerprint density at radius 3 is 2.90 bits per heavy atom. The molecule has 0 radical (unpaired) electrons. The summed E-state index contributed by atoms with van der Waals surface area (Å²) in [6, 6.07) is 0. The summed E-state index contributed by atoms with van der Waals surface area (Å²) in [7, 11) is 0. The van der Waals surface area contributed by atoms with Crippen LogP contribution in [0.2, 0.25) is 0 Å². The van der Waals surface area contributed by atoms with Crippen LogP contribution in [0.15, 0.2) is 23.1 Å². The van der Waals surface area contributed by atoms with Gasteiger partial charge in [0.15, 0.2) is 5.65 Å². The molecule has 6 nitrogen and oxygen atoms in total. The summed E-state index contributed by atoms with van der Waals surface area (Å²) in [6.45, 7) is 5.68. The summed E-state index contributed by atoms with van der Waals surface area (Å²) in [5, 5.41) is 16.9. The fourth-order valence-corrected chi connectivity index (χ4v) is 1.87. The molecule has 1 amide bonds. The normalized spacial score (nSPS) is 14.5. The largest absolute Gasteiger partial charge is 0.388 e. The molecule has 2 aromatic heterocycles. The summed E-state index contributed by atoms with van der Waals surface area (Å²) in [4.78, 5) is 16.3. The van der Waals surface area contributed by atoms with Crippen molar-refractivity contribution in [3.63, 3.8) is 0 Å². The van der Waals surface area contributed by atoms with E-state index in [1.54, 1.807) is 19.3 Å². The standard InChI is InChI=1S/C13H17BrN4O2/c1-8(2)13(3,20)7-16-12(19)10-5-17-18-6-9(14)4-15-11(10)18/h4-6,8,20H,7H2,1-3H3,(H,16,19). The molecule has 2 aromatic rings. The second-order valence-corrected chi connectivity index (χ2v) is 6.21. The van der Waals surface area contributed by atoms with Gasteiger partial charge in [-0.15, -0.1) is 0 Å². The lowest BCUT2D eigenvalue weighted by atomic mass is 9.92. The Bertz CT molecular complexity index is 636. The van der Waals surface area contributed by atoms with E-state index >= 15 is 0 Å². The molecule has 0 spiro atoms. The van der Waals surface area contributed by atoms with Gasteiger partial charge >= 0.3 is 0 Å². The van der Waals surface area contributed by atoms with Crippen molar-refractivity contribution in [2.24, 2.45) is 5.92 Å². The predicted molar refractivity (Wildman–Crippen MR) is 78.5 cm³/mol. The van der Waals surface area contributed by atoms with Crippen LogP contribution in [0.4, 0.5) is 0 Å². The van der Waals surface area contributed by atoms with Gasteiger partial charge in [-0.05, 0) is 28.8 Å². The third-order valence-corrected chi connectivity index (χ3v) is 3.83.